The summed E-state index contributed by atoms with van der Waals surface area (Å²) in [6.45, 7) is 4.21. The van der Waals surface area contributed by atoms with Gasteiger partial charge in [0.25, 0.3) is 0 Å². The molecule has 1 unspecified atom stereocenters. The van der Waals surface area contributed by atoms with E-state index >= 15 is 0 Å². The van der Waals surface area contributed by atoms with Gasteiger partial charge in [-0.05, 0) is 62.2 Å². The zero-order valence-corrected chi connectivity index (χ0v) is 17.2. The van der Waals surface area contributed by atoms with Crippen LogP contribution in [0.25, 0.3) is 0 Å². The number of likely N-dealkylation sites (tertiary alicyclic amines) is 1. The van der Waals surface area contributed by atoms with Crippen molar-refractivity contribution < 1.29 is 8.42 Å². The second-order valence-electron chi connectivity index (χ2n) is 7.36. The number of benzene rings is 2. The number of nitrogens with one attached hydrogen (secondary N) is 1. The molecule has 0 spiro atoms. The molecule has 3 rings (SSSR count). The van der Waals surface area contributed by atoms with Crippen molar-refractivity contribution in [3.05, 3.63) is 59.7 Å². The van der Waals surface area contributed by atoms with Crippen LogP contribution in [-0.2, 0) is 10.0 Å². The van der Waals surface area contributed by atoms with Gasteiger partial charge in [0, 0.05) is 32.4 Å². The van der Waals surface area contributed by atoms with Crippen LogP contribution in [0.1, 0.15) is 30.0 Å². The number of nitrogens with zero attached hydrogens (tertiary/aromatic N) is 2. The minimum absolute atomic E-state index is 0.0440. The molecule has 1 aliphatic heterocycles. The Balaban J connectivity index is 1.81. The lowest BCUT2D eigenvalue weighted by atomic mass is 10.1. The first-order chi connectivity index (χ1) is 12.9. The summed E-state index contributed by atoms with van der Waals surface area (Å²) in [5, 5.41) is 0. The first-order valence-electron chi connectivity index (χ1n) is 9.45. The van der Waals surface area contributed by atoms with E-state index in [1.54, 1.807) is 12.1 Å². The summed E-state index contributed by atoms with van der Waals surface area (Å²) in [5.41, 5.74) is 3.05. The minimum atomic E-state index is -3.53. The van der Waals surface area contributed by atoms with Crippen molar-refractivity contribution in [3.8, 4) is 0 Å². The zero-order chi connectivity index (χ0) is 19.4. The van der Waals surface area contributed by atoms with Crippen LogP contribution in [0.5, 0.6) is 0 Å². The van der Waals surface area contributed by atoms with Crippen LogP contribution in [0.15, 0.2) is 53.4 Å². The molecule has 6 heteroatoms. The number of aryl methyl sites for hydroxylation is 1. The molecule has 2 aromatic carbocycles. The third-order valence-electron chi connectivity index (χ3n) is 5.23. The van der Waals surface area contributed by atoms with Gasteiger partial charge < -0.3 is 4.90 Å². The predicted molar refractivity (Wildman–Crippen MR) is 111 cm³/mol. The van der Waals surface area contributed by atoms with Crippen molar-refractivity contribution in [2.24, 2.45) is 0 Å². The molecule has 0 amide bonds. The number of sulfonamides is 1. The van der Waals surface area contributed by atoms with E-state index in [-0.39, 0.29) is 6.04 Å². The summed E-state index contributed by atoms with van der Waals surface area (Å²) in [6, 6.07) is 15.6. The number of rotatable bonds is 7. The third kappa shape index (κ3) is 4.69. The van der Waals surface area contributed by atoms with Crippen molar-refractivity contribution in [3.63, 3.8) is 0 Å². The Morgan fingerprint density at radius 1 is 1.04 bits per heavy atom. The van der Waals surface area contributed by atoms with Crippen molar-refractivity contribution in [2.45, 2.75) is 30.7 Å². The quantitative estimate of drug-likeness (QED) is 0.793. The molecule has 146 valence electrons. The van der Waals surface area contributed by atoms with Crippen LogP contribution in [-0.4, -0.2) is 47.0 Å². The molecule has 1 heterocycles. The fourth-order valence-electron chi connectivity index (χ4n) is 3.63. The lowest BCUT2D eigenvalue weighted by Gasteiger charge is -2.28. The summed E-state index contributed by atoms with van der Waals surface area (Å²) in [6.07, 6.45) is 2.33. The molecule has 0 aromatic heterocycles. The zero-order valence-electron chi connectivity index (χ0n) is 16.4. The van der Waals surface area contributed by atoms with Gasteiger partial charge in [-0.1, -0.05) is 30.3 Å². The summed E-state index contributed by atoms with van der Waals surface area (Å²) in [5.74, 6) is 0. The van der Waals surface area contributed by atoms with Crippen molar-refractivity contribution >= 4 is 15.7 Å². The van der Waals surface area contributed by atoms with E-state index in [0.29, 0.717) is 11.4 Å². The highest BCUT2D eigenvalue weighted by Crippen LogP contribution is 2.27. The molecule has 0 aliphatic carbocycles. The molecule has 27 heavy (non-hydrogen) atoms. The highest BCUT2D eigenvalue weighted by Gasteiger charge is 2.26. The smallest absolute Gasteiger partial charge is 0.240 e. The molecular formula is C21H29N3O2S. The molecule has 0 bridgehead atoms. The average Bonchev–Trinajstić information content (AvgIpc) is 3.17. The molecule has 1 N–H and O–H groups in total. The van der Waals surface area contributed by atoms with Gasteiger partial charge in [0.15, 0.2) is 0 Å². The minimum Gasteiger partial charge on any atom is -0.378 e. The summed E-state index contributed by atoms with van der Waals surface area (Å²) < 4.78 is 28.5. The van der Waals surface area contributed by atoms with Gasteiger partial charge >= 0.3 is 0 Å². The monoisotopic (exact) mass is 387 g/mol. The summed E-state index contributed by atoms with van der Waals surface area (Å²) in [4.78, 5) is 4.80. The number of hydrogen-bond donors (Lipinski definition) is 1. The van der Waals surface area contributed by atoms with Crippen molar-refractivity contribution in [2.75, 3.05) is 38.6 Å². The topological polar surface area (TPSA) is 52.7 Å². The van der Waals surface area contributed by atoms with Crippen LogP contribution >= 0.6 is 0 Å². The highest BCUT2D eigenvalue weighted by molar-refractivity contribution is 7.89. The van der Waals surface area contributed by atoms with Crippen LogP contribution < -0.4 is 9.62 Å². The maximum Gasteiger partial charge on any atom is 0.240 e. The van der Waals surface area contributed by atoms with Crippen LogP contribution in [0.2, 0.25) is 0 Å². The Kier molecular flexibility index (Phi) is 6.19. The van der Waals surface area contributed by atoms with E-state index in [0.717, 1.165) is 42.7 Å². The Labute approximate surface area is 163 Å². The molecule has 2 aromatic rings. The fraction of sp³-hybridized carbons (Fsp3) is 0.429. The lowest BCUT2D eigenvalue weighted by Crippen LogP contribution is -2.37. The van der Waals surface area contributed by atoms with Crippen molar-refractivity contribution in [1.29, 1.82) is 0 Å². The molecule has 1 atom stereocenters. The van der Waals surface area contributed by atoms with E-state index in [1.807, 2.05) is 33.2 Å². The maximum absolute atomic E-state index is 12.8. The van der Waals surface area contributed by atoms with Gasteiger partial charge in [0.1, 0.15) is 0 Å². The third-order valence-corrected chi connectivity index (χ3v) is 6.81. The largest absolute Gasteiger partial charge is 0.378 e. The molecular weight excluding hydrogens is 358 g/mol. The number of hydrogen-bond acceptors (Lipinski definition) is 4. The van der Waals surface area contributed by atoms with Gasteiger partial charge in [0.05, 0.1) is 4.90 Å². The normalized spacial score (nSPS) is 16.4. The van der Waals surface area contributed by atoms with Gasteiger partial charge in [-0.3, -0.25) is 4.90 Å². The van der Waals surface area contributed by atoms with Gasteiger partial charge in [-0.15, -0.1) is 0 Å². The standard InChI is InChI=1S/C21H29N3O2S/c1-17-8-4-5-9-21(17)27(25,26)22-16-20(24-14-6-7-15-24)18-10-12-19(13-11-18)23(2)3/h4-5,8-13,20,22H,6-7,14-16H2,1-3H3. The Hall–Kier alpha value is -1.89. The molecule has 1 aliphatic rings. The highest BCUT2D eigenvalue weighted by atomic mass is 32.2. The first-order valence-corrected chi connectivity index (χ1v) is 10.9. The Bertz CT molecular complexity index is 857. The first kappa shape index (κ1) is 19.9. The average molecular weight is 388 g/mol. The van der Waals surface area contributed by atoms with E-state index in [2.05, 4.69) is 38.8 Å². The number of anilines is 1. The van der Waals surface area contributed by atoms with Crippen molar-refractivity contribution in [1.82, 2.24) is 9.62 Å². The van der Waals surface area contributed by atoms with Gasteiger partial charge in [-0.2, -0.15) is 0 Å². The van der Waals surface area contributed by atoms with Gasteiger partial charge in [0.2, 0.25) is 10.0 Å². The van der Waals surface area contributed by atoms with E-state index < -0.39 is 10.0 Å². The Morgan fingerprint density at radius 2 is 1.67 bits per heavy atom. The predicted octanol–water partition coefficient (Wildman–Crippen LogP) is 3.18. The van der Waals surface area contributed by atoms with E-state index in [9.17, 15) is 8.42 Å². The second kappa shape index (κ2) is 8.42. The van der Waals surface area contributed by atoms with Crippen LogP contribution in [0.3, 0.4) is 0 Å². The Morgan fingerprint density at radius 3 is 2.26 bits per heavy atom. The lowest BCUT2D eigenvalue weighted by molar-refractivity contribution is 0.246. The van der Waals surface area contributed by atoms with Gasteiger partial charge in [-0.25, -0.2) is 13.1 Å². The summed E-state index contributed by atoms with van der Waals surface area (Å²) >= 11 is 0. The molecule has 0 radical (unpaired) electrons. The summed E-state index contributed by atoms with van der Waals surface area (Å²) in [7, 11) is 0.504. The van der Waals surface area contributed by atoms with E-state index in [4.69, 9.17) is 0 Å². The van der Waals surface area contributed by atoms with E-state index in [1.165, 1.54) is 0 Å². The second-order valence-corrected chi connectivity index (χ2v) is 9.10. The molecule has 1 saturated heterocycles. The maximum atomic E-state index is 12.8. The SMILES string of the molecule is Cc1ccccc1S(=O)(=O)NCC(c1ccc(N(C)C)cc1)N1CCCC1. The molecule has 1 fully saturated rings. The molecule has 5 nitrogen and oxygen atoms in total. The molecule has 0 saturated carbocycles. The van der Waals surface area contributed by atoms with Crippen LogP contribution in [0, 0.1) is 6.92 Å². The fourth-order valence-corrected chi connectivity index (χ4v) is 4.91. The van der Waals surface area contributed by atoms with Crippen LogP contribution in [0.4, 0.5) is 5.69 Å².